The molecule has 0 unspecified atom stereocenters. The van der Waals surface area contributed by atoms with Crippen LogP contribution in [0.5, 0.6) is 11.5 Å². The predicted molar refractivity (Wildman–Crippen MR) is 239 cm³/mol. The zero-order chi connectivity index (χ0) is 39.5. The Morgan fingerprint density at radius 3 is 1.72 bits per heavy atom. The van der Waals surface area contributed by atoms with Crippen LogP contribution in [0, 0.1) is 39.8 Å². The molecule has 0 fully saturated rings. The molecule has 288 valence electrons. The summed E-state index contributed by atoms with van der Waals surface area (Å²) in [6, 6.07) is 49.7. The summed E-state index contributed by atoms with van der Waals surface area (Å²) in [6.07, 6.45) is 3.44. The third-order valence-electron chi connectivity index (χ3n) is 12.0. The fraction of sp³-hybridized carbons (Fsp3) is 0.0769. The molecule has 0 N–H and O–H groups in total. The second kappa shape index (κ2) is 13.5. The van der Waals surface area contributed by atoms with Gasteiger partial charge in [-0.2, -0.15) is 0 Å². The van der Waals surface area contributed by atoms with E-state index in [4.69, 9.17) is 14.7 Å². The molecule has 0 bridgehead atoms. The molecule has 0 aliphatic heterocycles. The summed E-state index contributed by atoms with van der Waals surface area (Å²) in [5.74, 6) is 1.12. The quantitative estimate of drug-likeness (QED) is 0.100. The second-order valence-electron chi connectivity index (χ2n) is 15.5. The molecule has 7 nitrogen and oxygen atoms in total. The van der Waals surface area contributed by atoms with Crippen LogP contribution in [0.25, 0.3) is 99.1 Å². The van der Waals surface area contributed by atoms with Crippen LogP contribution < -0.4 is 4.74 Å². The van der Waals surface area contributed by atoms with Gasteiger partial charge in [0.05, 0.1) is 33.4 Å². The fourth-order valence-corrected chi connectivity index (χ4v) is 9.48. The van der Waals surface area contributed by atoms with Crippen LogP contribution in [0.3, 0.4) is 0 Å². The number of para-hydroxylation sites is 4. The van der Waals surface area contributed by atoms with E-state index in [2.05, 4.69) is 137 Å². The van der Waals surface area contributed by atoms with Gasteiger partial charge in [-0.3, -0.25) is 9.97 Å². The Bertz CT molecular complexity index is 3730. The SMILES string of the molecule is Cc1cccc(C)c1-c1ccc2c(c1-c1c(C)cccc1C)c1ccc(Oc3[c-]c4c(cc3)c3cncnc3n3c5ccccc5nc43)[c-]c1c1nc3ccccc3n21.[Pd+2]. The van der Waals surface area contributed by atoms with E-state index >= 15 is 0 Å². The molecular formula is C52H34N6OPd. The average Bonchev–Trinajstić information content (AvgIpc) is 3.84. The van der Waals surface area contributed by atoms with E-state index in [9.17, 15) is 0 Å². The van der Waals surface area contributed by atoms with Gasteiger partial charge in [0.1, 0.15) is 12.0 Å². The molecule has 0 spiro atoms. The van der Waals surface area contributed by atoms with E-state index in [0.29, 0.717) is 11.5 Å². The molecule has 5 aromatic heterocycles. The van der Waals surface area contributed by atoms with Crippen LogP contribution in [-0.2, 0) is 20.4 Å². The maximum Gasteiger partial charge on any atom is 2.00 e. The molecule has 0 amide bonds. The van der Waals surface area contributed by atoms with Gasteiger partial charge < -0.3 is 13.5 Å². The average molecular weight is 865 g/mol. The van der Waals surface area contributed by atoms with E-state index in [1.54, 1.807) is 6.33 Å². The number of aryl methyl sites for hydroxylation is 4. The van der Waals surface area contributed by atoms with E-state index in [0.717, 1.165) is 76.8 Å². The molecule has 0 radical (unpaired) electrons. The number of fused-ring (bicyclic) bond motifs is 16. The summed E-state index contributed by atoms with van der Waals surface area (Å²) in [7, 11) is 0. The molecule has 60 heavy (non-hydrogen) atoms. The summed E-state index contributed by atoms with van der Waals surface area (Å²) in [4.78, 5) is 19.4. The van der Waals surface area contributed by atoms with E-state index < -0.39 is 0 Å². The topological polar surface area (TPSA) is 69.6 Å². The Balaban J connectivity index is 0.00000408. The molecule has 7 aromatic carbocycles. The Kier molecular flexibility index (Phi) is 8.15. The first-order valence-electron chi connectivity index (χ1n) is 19.8. The summed E-state index contributed by atoms with van der Waals surface area (Å²) in [6.45, 7) is 8.86. The normalized spacial score (nSPS) is 11.9. The summed E-state index contributed by atoms with van der Waals surface area (Å²) in [5, 5.41) is 5.78. The van der Waals surface area contributed by atoms with Gasteiger partial charge in [-0.25, -0.2) is 9.97 Å². The van der Waals surface area contributed by atoms with Gasteiger partial charge in [0.15, 0.2) is 0 Å². The predicted octanol–water partition coefficient (Wildman–Crippen LogP) is 12.6. The van der Waals surface area contributed by atoms with Crippen molar-refractivity contribution < 1.29 is 25.2 Å². The number of hydrogen-bond acceptors (Lipinski definition) is 5. The van der Waals surface area contributed by atoms with Gasteiger partial charge in [-0.05, 0) is 108 Å². The monoisotopic (exact) mass is 864 g/mol. The third-order valence-corrected chi connectivity index (χ3v) is 12.0. The molecule has 0 aliphatic carbocycles. The van der Waals surface area contributed by atoms with E-state index in [1.165, 1.54) is 44.5 Å². The van der Waals surface area contributed by atoms with Gasteiger partial charge in [-0.1, -0.05) is 113 Å². The van der Waals surface area contributed by atoms with Gasteiger partial charge >= 0.3 is 20.4 Å². The van der Waals surface area contributed by atoms with Gasteiger partial charge in [-0.15, -0.1) is 12.1 Å². The zero-order valence-electron chi connectivity index (χ0n) is 33.1. The van der Waals surface area contributed by atoms with Crippen molar-refractivity contribution in [1.29, 1.82) is 0 Å². The molecule has 0 aliphatic rings. The first-order valence-corrected chi connectivity index (χ1v) is 19.8. The number of benzene rings is 7. The van der Waals surface area contributed by atoms with Crippen molar-refractivity contribution >= 4 is 76.8 Å². The Hall–Kier alpha value is -6.98. The standard InChI is InChI=1S/C52H34N6O.Pd/c1-29-11-9-12-30(2)46(29)37-23-24-45-48(49(37)47-31(3)13-10-14-32(47)4)36-22-20-34(26-39(36)51-55-41-15-5-7-17-43(41)57(45)51)59-33-19-21-35-38(25-33)52-56-42-16-6-8-18-44(42)58(52)50-40(35)27-53-28-54-50;/h5-24,27-28H,1-4H3;/q-2;+2. The minimum atomic E-state index is 0. The molecule has 0 atom stereocenters. The Morgan fingerprint density at radius 1 is 0.483 bits per heavy atom. The van der Waals surface area contributed by atoms with E-state index in [-0.39, 0.29) is 20.4 Å². The first kappa shape index (κ1) is 36.1. The van der Waals surface area contributed by atoms with Crippen LogP contribution in [0.15, 0.2) is 134 Å². The fourth-order valence-electron chi connectivity index (χ4n) is 9.48. The molecule has 0 saturated carbocycles. The number of imidazole rings is 2. The van der Waals surface area contributed by atoms with Crippen LogP contribution >= 0.6 is 0 Å². The second-order valence-corrected chi connectivity index (χ2v) is 15.5. The van der Waals surface area contributed by atoms with Crippen LogP contribution in [0.4, 0.5) is 0 Å². The largest absolute Gasteiger partial charge is 2.00 e. The summed E-state index contributed by atoms with van der Waals surface area (Å²) < 4.78 is 11.1. The number of pyridine rings is 2. The van der Waals surface area contributed by atoms with E-state index in [1.807, 2.05) is 48.7 Å². The molecule has 5 heterocycles. The molecule has 8 heteroatoms. The van der Waals surface area contributed by atoms with Crippen LogP contribution in [0.1, 0.15) is 22.3 Å². The number of hydrogen-bond donors (Lipinski definition) is 0. The smallest absolute Gasteiger partial charge is 0.497 e. The van der Waals surface area contributed by atoms with Crippen molar-refractivity contribution in [2.45, 2.75) is 27.7 Å². The minimum absolute atomic E-state index is 0. The maximum atomic E-state index is 6.73. The van der Waals surface area contributed by atoms with Crippen molar-refractivity contribution in [3.8, 4) is 33.8 Å². The Labute approximate surface area is 358 Å². The van der Waals surface area contributed by atoms with Gasteiger partial charge in [0.25, 0.3) is 0 Å². The van der Waals surface area contributed by atoms with Crippen molar-refractivity contribution in [2.24, 2.45) is 0 Å². The van der Waals surface area contributed by atoms with Crippen LogP contribution in [0.2, 0.25) is 0 Å². The number of aromatic nitrogens is 6. The number of nitrogens with zero attached hydrogens (tertiary/aromatic N) is 6. The molecule has 12 rings (SSSR count). The number of ether oxygens (including phenoxy) is 1. The molecule has 0 saturated heterocycles. The van der Waals surface area contributed by atoms with Gasteiger partial charge in [0.2, 0.25) is 0 Å². The molecule has 12 aromatic rings. The van der Waals surface area contributed by atoms with Crippen molar-refractivity contribution in [1.82, 2.24) is 28.7 Å². The Morgan fingerprint density at radius 2 is 1.05 bits per heavy atom. The first-order chi connectivity index (χ1) is 28.9. The summed E-state index contributed by atoms with van der Waals surface area (Å²) >= 11 is 0. The minimum Gasteiger partial charge on any atom is -0.497 e. The van der Waals surface area contributed by atoms with Crippen molar-refractivity contribution in [3.63, 3.8) is 0 Å². The third kappa shape index (κ3) is 5.18. The van der Waals surface area contributed by atoms with Crippen LogP contribution in [-0.4, -0.2) is 28.7 Å². The molecular weight excluding hydrogens is 831 g/mol. The zero-order valence-corrected chi connectivity index (χ0v) is 34.7. The summed E-state index contributed by atoms with van der Waals surface area (Å²) in [5.41, 5.74) is 17.1. The maximum absolute atomic E-state index is 6.73. The number of rotatable bonds is 4. The van der Waals surface area contributed by atoms with Crippen molar-refractivity contribution in [3.05, 3.63) is 168 Å². The van der Waals surface area contributed by atoms with Crippen molar-refractivity contribution in [2.75, 3.05) is 0 Å². The van der Waals surface area contributed by atoms with Gasteiger partial charge in [0, 0.05) is 28.6 Å².